The number of anilines is 1. The third-order valence-electron chi connectivity index (χ3n) is 4.59. The number of nitrogens with zero attached hydrogens (tertiary/aromatic N) is 5. The topological polar surface area (TPSA) is 63.9 Å². The number of amides is 1. The molecular weight excluding hydrogens is 338 g/mol. The van der Waals surface area contributed by atoms with Gasteiger partial charge in [0.25, 0.3) is 5.91 Å². The van der Waals surface area contributed by atoms with Gasteiger partial charge in [-0.15, -0.1) is 0 Å². The maximum atomic E-state index is 13.4. The van der Waals surface area contributed by atoms with E-state index in [1.807, 2.05) is 55.1 Å². The average molecular weight is 357 g/mol. The lowest BCUT2D eigenvalue weighted by molar-refractivity contribution is 0.0984. The zero-order valence-corrected chi connectivity index (χ0v) is 15.2. The zero-order chi connectivity index (χ0) is 18.8. The minimum atomic E-state index is -0.0974. The van der Waals surface area contributed by atoms with Gasteiger partial charge in [-0.05, 0) is 36.8 Å². The third-order valence-corrected chi connectivity index (χ3v) is 4.59. The number of hydrogen-bond donors (Lipinski definition) is 0. The first kappa shape index (κ1) is 16.9. The van der Waals surface area contributed by atoms with Crippen molar-refractivity contribution in [2.24, 2.45) is 7.05 Å². The predicted octanol–water partition coefficient (Wildman–Crippen LogP) is 3.52. The summed E-state index contributed by atoms with van der Waals surface area (Å²) >= 11 is 0. The second-order valence-corrected chi connectivity index (χ2v) is 6.39. The normalized spacial score (nSPS) is 10.9. The van der Waals surface area contributed by atoms with E-state index in [2.05, 4.69) is 15.0 Å². The smallest absolute Gasteiger partial charge is 0.258 e. The molecular formula is C21H19N5O. The molecule has 0 fully saturated rings. The number of fused-ring (bicyclic) bond motifs is 1. The summed E-state index contributed by atoms with van der Waals surface area (Å²) in [7, 11) is 1.93. The highest BCUT2D eigenvalue weighted by Crippen LogP contribution is 2.24. The van der Waals surface area contributed by atoms with E-state index in [9.17, 15) is 4.79 Å². The summed E-state index contributed by atoms with van der Waals surface area (Å²) in [5, 5.41) is 0. The van der Waals surface area contributed by atoms with Gasteiger partial charge in [0.2, 0.25) is 0 Å². The molecule has 134 valence electrons. The lowest BCUT2D eigenvalue weighted by Gasteiger charge is -2.24. The van der Waals surface area contributed by atoms with Gasteiger partial charge in [0.05, 0.1) is 17.6 Å². The molecule has 27 heavy (non-hydrogen) atoms. The Morgan fingerprint density at radius 2 is 1.78 bits per heavy atom. The lowest BCUT2D eigenvalue weighted by atomic mass is 10.1. The first-order chi connectivity index (χ1) is 13.1. The SMILES string of the molecule is Cc1ccccc1N(Cc1nccn1C)C(=O)c1ccc2nccnc2c1. The molecule has 0 atom stereocenters. The molecule has 0 spiro atoms. The van der Waals surface area contributed by atoms with E-state index in [1.165, 1.54) is 0 Å². The van der Waals surface area contributed by atoms with Gasteiger partial charge in [0.1, 0.15) is 5.82 Å². The van der Waals surface area contributed by atoms with Crippen LogP contribution in [0.2, 0.25) is 0 Å². The lowest BCUT2D eigenvalue weighted by Crippen LogP contribution is -2.32. The van der Waals surface area contributed by atoms with Gasteiger partial charge in [-0.25, -0.2) is 4.98 Å². The van der Waals surface area contributed by atoms with Crippen LogP contribution in [0.25, 0.3) is 11.0 Å². The Labute approximate surface area is 157 Å². The van der Waals surface area contributed by atoms with E-state index in [0.717, 1.165) is 22.6 Å². The second-order valence-electron chi connectivity index (χ2n) is 6.39. The van der Waals surface area contributed by atoms with Crippen molar-refractivity contribution in [2.45, 2.75) is 13.5 Å². The van der Waals surface area contributed by atoms with Crippen LogP contribution >= 0.6 is 0 Å². The molecule has 0 saturated carbocycles. The Balaban J connectivity index is 1.77. The number of carbonyl (C=O) groups is 1. The Morgan fingerprint density at radius 1 is 1.00 bits per heavy atom. The van der Waals surface area contributed by atoms with Crippen LogP contribution in [0.3, 0.4) is 0 Å². The first-order valence-electron chi connectivity index (χ1n) is 8.68. The maximum absolute atomic E-state index is 13.4. The van der Waals surface area contributed by atoms with Gasteiger partial charge in [0.15, 0.2) is 0 Å². The molecule has 6 heteroatoms. The fraction of sp³-hybridized carbons (Fsp3) is 0.143. The molecule has 0 N–H and O–H groups in total. The Bertz CT molecular complexity index is 1120. The van der Waals surface area contributed by atoms with Gasteiger partial charge >= 0.3 is 0 Å². The summed E-state index contributed by atoms with van der Waals surface area (Å²) in [5.74, 6) is 0.715. The van der Waals surface area contributed by atoms with E-state index >= 15 is 0 Å². The Kier molecular flexibility index (Phi) is 4.38. The Hall–Kier alpha value is -3.54. The summed E-state index contributed by atoms with van der Waals surface area (Å²) < 4.78 is 1.92. The van der Waals surface area contributed by atoms with E-state index in [0.29, 0.717) is 17.6 Å². The fourth-order valence-electron chi connectivity index (χ4n) is 3.08. The molecule has 2 aromatic heterocycles. The molecule has 0 unspecified atom stereocenters. The largest absolute Gasteiger partial charge is 0.337 e. The maximum Gasteiger partial charge on any atom is 0.258 e. The summed E-state index contributed by atoms with van der Waals surface area (Å²) in [6.07, 6.45) is 6.89. The molecule has 0 radical (unpaired) electrons. The number of rotatable bonds is 4. The standard InChI is InChI=1S/C21H19N5O/c1-15-5-3-4-6-19(15)26(14-20-24-11-12-25(20)2)21(27)16-7-8-17-18(13-16)23-10-9-22-17/h3-13H,14H2,1-2H3. The van der Waals surface area contributed by atoms with E-state index in [1.54, 1.807) is 35.6 Å². The van der Waals surface area contributed by atoms with Gasteiger partial charge in [-0.3, -0.25) is 14.8 Å². The van der Waals surface area contributed by atoms with Crippen LogP contribution in [-0.4, -0.2) is 25.4 Å². The summed E-state index contributed by atoms with van der Waals surface area (Å²) in [4.78, 5) is 28.1. The van der Waals surface area contributed by atoms with Crippen LogP contribution in [0.15, 0.2) is 67.3 Å². The fourth-order valence-corrected chi connectivity index (χ4v) is 3.08. The number of imidazole rings is 1. The molecule has 0 saturated heterocycles. The molecule has 1 amide bonds. The average Bonchev–Trinajstić information content (AvgIpc) is 3.10. The molecule has 2 aromatic carbocycles. The minimum absolute atomic E-state index is 0.0974. The molecule has 4 rings (SSSR count). The molecule has 6 nitrogen and oxygen atoms in total. The summed E-state index contributed by atoms with van der Waals surface area (Å²) in [6, 6.07) is 13.3. The summed E-state index contributed by atoms with van der Waals surface area (Å²) in [5.41, 5.74) is 3.93. The van der Waals surface area contributed by atoms with Crippen LogP contribution in [0.1, 0.15) is 21.7 Å². The van der Waals surface area contributed by atoms with Crippen molar-refractivity contribution in [3.05, 3.63) is 84.2 Å². The van der Waals surface area contributed by atoms with Crippen molar-refractivity contribution in [3.63, 3.8) is 0 Å². The van der Waals surface area contributed by atoms with Crippen molar-refractivity contribution < 1.29 is 4.79 Å². The van der Waals surface area contributed by atoms with Crippen LogP contribution in [0.5, 0.6) is 0 Å². The quantitative estimate of drug-likeness (QED) is 0.561. The predicted molar refractivity (Wildman–Crippen MR) is 104 cm³/mol. The van der Waals surface area contributed by atoms with Crippen molar-refractivity contribution in [1.29, 1.82) is 0 Å². The highest BCUT2D eigenvalue weighted by molar-refractivity contribution is 6.07. The monoisotopic (exact) mass is 357 g/mol. The molecule has 0 aliphatic carbocycles. The van der Waals surface area contributed by atoms with Gasteiger partial charge < -0.3 is 9.47 Å². The number of benzene rings is 2. The van der Waals surface area contributed by atoms with Crippen LogP contribution in [-0.2, 0) is 13.6 Å². The molecule has 2 heterocycles. The van der Waals surface area contributed by atoms with Crippen molar-refractivity contribution in [2.75, 3.05) is 4.90 Å². The molecule has 0 aliphatic heterocycles. The van der Waals surface area contributed by atoms with Crippen molar-refractivity contribution >= 4 is 22.6 Å². The van der Waals surface area contributed by atoms with Crippen LogP contribution in [0, 0.1) is 6.92 Å². The third kappa shape index (κ3) is 3.29. The number of aromatic nitrogens is 4. The highest BCUT2D eigenvalue weighted by atomic mass is 16.2. The highest BCUT2D eigenvalue weighted by Gasteiger charge is 2.21. The van der Waals surface area contributed by atoms with Crippen molar-refractivity contribution in [1.82, 2.24) is 19.5 Å². The number of aryl methyl sites for hydroxylation is 2. The van der Waals surface area contributed by atoms with E-state index in [-0.39, 0.29) is 5.91 Å². The number of carbonyl (C=O) groups excluding carboxylic acids is 1. The van der Waals surface area contributed by atoms with Crippen LogP contribution in [0.4, 0.5) is 5.69 Å². The van der Waals surface area contributed by atoms with Crippen molar-refractivity contribution in [3.8, 4) is 0 Å². The molecule has 0 bridgehead atoms. The second kappa shape index (κ2) is 6.99. The summed E-state index contributed by atoms with van der Waals surface area (Å²) in [6.45, 7) is 2.38. The minimum Gasteiger partial charge on any atom is -0.337 e. The zero-order valence-electron chi connectivity index (χ0n) is 15.2. The Morgan fingerprint density at radius 3 is 2.52 bits per heavy atom. The molecule has 4 aromatic rings. The number of hydrogen-bond acceptors (Lipinski definition) is 4. The van der Waals surface area contributed by atoms with Gasteiger partial charge in [0, 0.05) is 43.1 Å². The van der Waals surface area contributed by atoms with E-state index < -0.39 is 0 Å². The van der Waals surface area contributed by atoms with Gasteiger partial charge in [-0.1, -0.05) is 18.2 Å². The number of para-hydroxylation sites is 1. The molecule has 0 aliphatic rings. The van der Waals surface area contributed by atoms with Gasteiger partial charge in [-0.2, -0.15) is 0 Å². The van der Waals surface area contributed by atoms with Crippen LogP contribution < -0.4 is 4.90 Å². The van der Waals surface area contributed by atoms with E-state index in [4.69, 9.17) is 0 Å². The first-order valence-corrected chi connectivity index (χ1v) is 8.68.